The Hall–Kier alpha value is -3.11. The van der Waals surface area contributed by atoms with Crippen molar-refractivity contribution >= 4 is 20.8 Å². The molecular weight excluding hydrogens is 404 g/mol. The van der Waals surface area contributed by atoms with Crippen LogP contribution in [0.4, 0.5) is 0 Å². The van der Waals surface area contributed by atoms with Gasteiger partial charge in [-0.25, -0.2) is 8.42 Å². The molecule has 0 aliphatic carbocycles. The molecule has 0 bridgehead atoms. The monoisotopic (exact) mass is 424 g/mol. The third-order valence-electron chi connectivity index (χ3n) is 5.58. The van der Waals surface area contributed by atoms with Crippen molar-refractivity contribution in [1.29, 1.82) is 0 Å². The molecule has 154 valence electrons. The lowest BCUT2D eigenvalue weighted by Crippen LogP contribution is -2.31. The van der Waals surface area contributed by atoms with E-state index in [0.717, 1.165) is 10.8 Å². The maximum Gasteiger partial charge on any atom is 0.266 e. The highest BCUT2D eigenvalue weighted by Gasteiger charge is 2.40. The third kappa shape index (κ3) is 2.91. The molecule has 0 radical (unpaired) electrons. The molecule has 1 aliphatic heterocycles. The van der Waals surface area contributed by atoms with Crippen LogP contribution in [0.5, 0.6) is 0 Å². The van der Waals surface area contributed by atoms with Crippen LogP contribution in [-0.2, 0) is 17.1 Å². The average Bonchev–Trinajstić information content (AvgIpc) is 3.48. The molecular formula is C20H20N6O3S. The van der Waals surface area contributed by atoms with E-state index in [-0.39, 0.29) is 16.7 Å². The van der Waals surface area contributed by atoms with Crippen molar-refractivity contribution in [2.75, 3.05) is 6.54 Å². The van der Waals surface area contributed by atoms with Crippen molar-refractivity contribution in [3.8, 4) is 11.6 Å². The van der Waals surface area contributed by atoms with Gasteiger partial charge in [0.2, 0.25) is 15.9 Å². The minimum atomic E-state index is -3.73. The maximum atomic E-state index is 13.3. The second kappa shape index (κ2) is 6.99. The van der Waals surface area contributed by atoms with Crippen molar-refractivity contribution in [1.82, 2.24) is 29.3 Å². The van der Waals surface area contributed by atoms with Gasteiger partial charge >= 0.3 is 0 Å². The van der Waals surface area contributed by atoms with Gasteiger partial charge in [0, 0.05) is 25.2 Å². The normalized spacial score (nSPS) is 17.7. The van der Waals surface area contributed by atoms with E-state index in [1.165, 1.54) is 10.5 Å². The van der Waals surface area contributed by atoms with Gasteiger partial charge in [0.15, 0.2) is 0 Å². The summed E-state index contributed by atoms with van der Waals surface area (Å²) in [7, 11) is -2.01. The zero-order valence-corrected chi connectivity index (χ0v) is 17.4. The lowest BCUT2D eigenvalue weighted by molar-refractivity contribution is 0.332. The molecule has 1 atom stereocenters. The number of sulfonamides is 1. The van der Waals surface area contributed by atoms with E-state index in [4.69, 9.17) is 4.42 Å². The molecule has 4 aromatic rings. The Morgan fingerprint density at radius 2 is 2.00 bits per heavy atom. The Morgan fingerprint density at radius 3 is 2.80 bits per heavy atom. The summed E-state index contributed by atoms with van der Waals surface area (Å²) < 4.78 is 35.5. The molecule has 4 heterocycles. The fourth-order valence-corrected chi connectivity index (χ4v) is 5.73. The van der Waals surface area contributed by atoms with E-state index < -0.39 is 16.1 Å². The zero-order chi connectivity index (χ0) is 20.9. The van der Waals surface area contributed by atoms with E-state index in [9.17, 15) is 8.42 Å². The number of rotatable bonds is 4. The van der Waals surface area contributed by atoms with Crippen LogP contribution in [0.1, 0.15) is 30.5 Å². The molecule has 0 amide bonds. The fourth-order valence-electron chi connectivity index (χ4n) is 3.89. The van der Waals surface area contributed by atoms with Crippen molar-refractivity contribution in [3.05, 3.63) is 54.3 Å². The highest BCUT2D eigenvalue weighted by atomic mass is 32.2. The van der Waals surface area contributed by atoms with E-state index >= 15 is 0 Å². The Bertz CT molecular complexity index is 1340. The van der Waals surface area contributed by atoms with Gasteiger partial charge in [0.25, 0.3) is 5.89 Å². The number of nitrogens with zero attached hydrogens (tertiary/aromatic N) is 6. The summed E-state index contributed by atoms with van der Waals surface area (Å²) in [6, 6.07) is 9.21. The minimum absolute atomic E-state index is 0.201. The van der Waals surface area contributed by atoms with E-state index in [2.05, 4.69) is 20.3 Å². The van der Waals surface area contributed by atoms with E-state index in [0.29, 0.717) is 30.8 Å². The maximum absolute atomic E-state index is 13.3. The Morgan fingerprint density at radius 1 is 1.17 bits per heavy atom. The van der Waals surface area contributed by atoms with Crippen LogP contribution in [0.3, 0.4) is 0 Å². The molecule has 9 nitrogen and oxygen atoms in total. The first-order valence-electron chi connectivity index (χ1n) is 9.65. The van der Waals surface area contributed by atoms with Crippen molar-refractivity contribution in [3.63, 3.8) is 0 Å². The predicted molar refractivity (Wildman–Crippen MR) is 109 cm³/mol. The average molecular weight is 424 g/mol. The molecule has 0 spiro atoms. The molecule has 1 unspecified atom stereocenters. The SMILES string of the molecule is Cc1c(S(=O)(=O)N2CCCC2c2nnc(-c3nccc4ccccc34)o2)cnn1C. The van der Waals surface area contributed by atoms with Crippen LogP contribution < -0.4 is 0 Å². The van der Waals surface area contributed by atoms with Gasteiger partial charge in [-0.3, -0.25) is 9.67 Å². The molecule has 1 fully saturated rings. The lowest BCUT2D eigenvalue weighted by Gasteiger charge is -2.21. The molecule has 1 aromatic carbocycles. The van der Waals surface area contributed by atoms with Gasteiger partial charge in [0.1, 0.15) is 16.6 Å². The zero-order valence-electron chi connectivity index (χ0n) is 16.6. The summed E-state index contributed by atoms with van der Waals surface area (Å²) in [4.78, 5) is 4.61. The second-order valence-corrected chi connectivity index (χ2v) is 9.18. The molecule has 0 N–H and O–H groups in total. The molecule has 0 saturated carbocycles. The first-order valence-corrected chi connectivity index (χ1v) is 11.1. The quantitative estimate of drug-likeness (QED) is 0.496. The summed E-state index contributed by atoms with van der Waals surface area (Å²) >= 11 is 0. The van der Waals surface area contributed by atoms with Crippen molar-refractivity contribution < 1.29 is 12.8 Å². The molecule has 1 aliphatic rings. The number of benzene rings is 1. The molecule has 3 aromatic heterocycles. The third-order valence-corrected chi connectivity index (χ3v) is 7.59. The fraction of sp³-hybridized carbons (Fsp3) is 0.300. The summed E-state index contributed by atoms with van der Waals surface area (Å²) in [6.45, 7) is 2.13. The van der Waals surface area contributed by atoms with Crippen molar-refractivity contribution in [2.24, 2.45) is 7.05 Å². The Balaban J connectivity index is 1.52. The molecule has 10 heteroatoms. The highest BCUT2D eigenvalue weighted by Crippen LogP contribution is 2.37. The number of aryl methyl sites for hydroxylation is 1. The van der Waals surface area contributed by atoms with Crippen LogP contribution in [-0.4, -0.2) is 44.2 Å². The van der Waals surface area contributed by atoms with Crippen LogP contribution in [0, 0.1) is 6.92 Å². The first kappa shape index (κ1) is 18.9. The van der Waals surface area contributed by atoms with Crippen LogP contribution in [0.15, 0.2) is 52.0 Å². The van der Waals surface area contributed by atoms with Gasteiger partial charge in [0.05, 0.1) is 11.9 Å². The van der Waals surface area contributed by atoms with Gasteiger partial charge in [-0.15, -0.1) is 10.2 Å². The van der Waals surface area contributed by atoms with Gasteiger partial charge in [-0.05, 0) is 31.2 Å². The second-order valence-electron chi connectivity index (χ2n) is 7.32. The Kier molecular flexibility index (Phi) is 4.40. The number of hydrogen-bond acceptors (Lipinski definition) is 7. The predicted octanol–water partition coefficient (Wildman–Crippen LogP) is 2.85. The Labute approximate surface area is 173 Å². The molecule has 30 heavy (non-hydrogen) atoms. The highest BCUT2D eigenvalue weighted by molar-refractivity contribution is 7.89. The number of hydrogen-bond donors (Lipinski definition) is 0. The topological polar surface area (TPSA) is 107 Å². The lowest BCUT2D eigenvalue weighted by atomic mass is 10.1. The van der Waals surface area contributed by atoms with Gasteiger partial charge < -0.3 is 4.42 Å². The first-order chi connectivity index (χ1) is 14.5. The number of pyridine rings is 1. The summed E-state index contributed by atoms with van der Waals surface area (Å²) in [5.74, 6) is 0.561. The minimum Gasteiger partial charge on any atom is -0.417 e. The summed E-state index contributed by atoms with van der Waals surface area (Å²) in [6.07, 6.45) is 4.41. The largest absolute Gasteiger partial charge is 0.417 e. The van der Waals surface area contributed by atoms with Crippen molar-refractivity contribution in [2.45, 2.75) is 30.7 Å². The number of fused-ring (bicyclic) bond motifs is 1. The van der Waals surface area contributed by atoms with Crippen LogP contribution in [0.25, 0.3) is 22.4 Å². The van der Waals surface area contributed by atoms with Crippen LogP contribution in [0.2, 0.25) is 0 Å². The van der Waals surface area contributed by atoms with Gasteiger partial charge in [-0.2, -0.15) is 9.40 Å². The smallest absolute Gasteiger partial charge is 0.266 e. The summed E-state index contributed by atoms with van der Waals surface area (Å²) in [5, 5.41) is 14.3. The number of aromatic nitrogens is 5. The molecule has 5 rings (SSSR count). The summed E-state index contributed by atoms with van der Waals surface area (Å²) in [5.41, 5.74) is 1.18. The molecule has 1 saturated heterocycles. The van der Waals surface area contributed by atoms with Gasteiger partial charge in [-0.1, -0.05) is 24.3 Å². The van der Waals surface area contributed by atoms with E-state index in [1.807, 2.05) is 30.3 Å². The van der Waals surface area contributed by atoms with Crippen LogP contribution >= 0.6 is 0 Å². The standard InChI is InChI=1S/C20H20N6O3S/c1-13-17(12-22-25(13)2)30(27,28)26-11-5-8-16(26)19-23-24-20(29-19)18-15-7-4-3-6-14(15)9-10-21-18/h3-4,6-7,9-10,12,16H,5,8,11H2,1-2H3. The van der Waals surface area contributed by atoms with E-state index in [1.54, 1.807) is 24.9 Å².